The van der Waals surface area contributed by atoms with E-state index in [-0.39, 0.29) is 6.03 Å². The summed E-state index contributed by atoms with van der Waals surface area (Å²) in [6.45, 7) is 2.83. The van der Waals surface area contributed by atoms with Crippen molar-refractivity contribution in [2.24, 2.45) is 0 Å². The summed E-state index contributed by atoms with van der Waals surface area (Å²) in [5, 5.41) is 3.91. The molecule has 3 aromatic carbocycles. The first-order valence-electron chi connectivity index (χ1n) is 9.88. The summed E-state index contributed by atoms with van der Waals surface area (Å²) in [5.41, 5.74) is 3.39. The molecule has 0 aliphatic carbocycles. The van der Waals surface area contributed by atoms with E-state index in [1.807, 2.05) is 49.4 Å². The molecule has 1 N–H and O–H groups in total. The fourth-order valence-electron chi connectivity index (χ4n) is 3.18. The third-order valence-electron chi connectivity index (χ3n) is 4.68. The van der Waals surface area contributed by atoms with Gasteiger partial charge in [0.05, 0.1) is 0 Å². The average molecular weight is 457 g/mol. The van der Waals surface area contributed by atoms with Gasteiger partial charge >= 0.3 is 6.03 Å². The number of benzene rings is 3. The summed E-state index contributed by atoms with van der Waals surface area (Å²) in [7, 11) is 0. The van der Waals surface area contributed by atoms with Gasteiger partial charge in [-0.25, -0.2) is 9.18 Å². The van der Waals surface area contributed by atoms with Gasteiger partial charge < -0.3 is 10.2 Å². The van der Waals surface area contributed by atoms with Crippen LogP contribution in [0.25, 0.3) is 6.08 Å². The molecule has 6 heteroatoms. The molecule has 160 valence electrons. The number of nitrogens with one attached hydrogen (secondary N) is 1. The third-order valence-corrected chi connectivity index (χ3v) is 5.27. The molecule has 0 saturated heterocycles. The Labute approximate surface area is 192 Å². The topological polar surface area (TPSA) is 32.3 Å². The summed E-state index contributed by atoms with van der Waals surface area (Å²) < 4.78 is 13.5. The summed E-state index contributed by atoms with van der Waals surface area (Å²) in [4.78, 5) is 14.7. The lowest BCUT2D eigenvalue weighted by molar-refractivity contribution is 0.216. The fourth-order valence-corrected chi connectivity index (χ4v) is 3.68. The Morgan fingerprint density at radius 3 is 2.52 bits per heavy atom. The first kappa shape index (κ1) is 22.9. The van der Waals surface area contributed by atoms with Gasteiger partial charge in [0.2, 0.25) is 0 Å². The molecule has 0 atom stereocenters. The second-order valence-electron chi connectivity index (χ2n) is 7.25. The van der Waals surface area contributed by atoms with Gasteiger partial charge in [-0.05, 0) is 54.8 Å². The van der Waals surface area contributed by atoms with E-state index in [4.69, 9.17) is 23.2 Å². The predicted octanol–water partition coefficient (Wildman–Crippen LogP) is 7.31. The molecule has 0 aromatic heterocycles. The normalized spacial score (nSPS) is 11.3. The van der Waals surface area contributed by atoms with Gasteiger partial charge in [-0.3, -0.25) is 0 Å². The first-order chi connectivity index (χ1) is 14.9. The van der Waals surface area contributed by atoms with E-state index in [0.29, 0.717) is 35.2 Å². The third kappa shape index (κ3) is 7.12. The summed E-state index contributed by atoms with van der Waals surface area (Å²) in [6, 6.07) is 20.8. The lowest BCUT2D eigenvalue weighted by atomic mass is 10.1. The molecule has 0 aliphatic rings. The molecule has 31 heavy (non-hydrogen) atoms. The maximum Gasteiger partial charge on any atom is 0.322 e. The Balaban J connectivity index is 1.76. The highest BCUT2D eigenvalue weighted by Gasteiger charge is 2.15. The Bertz CT molecular complexity index is 1070. The highest BCUT2D eigenvalue weighted by atomic mass is 35.5. The van der Waals surface area contributed by atoms with E-state index < -0.39 is 5.82 Å². The van der Waals surface area contributed by atoms with Crippen molar-refractivity contribution in [1.82, 2.24) is 4.90 Å². The Morgan fingerprint density at radius 2 is 1.81 bits per heavy atom. The highest BCUT2D eigenvalue weighted by Crippen LogP contribution is 2.22. The van der Waals surface area contributed by atoms with Crippen LogP contribution < -0.4 is 5.32 Å². The molecule has 2 amide bonds. The van der Waals surface area contributed by atoms with Gasteiger partial charge in [0.1, 0.15) is 5.82 Å². The van der Waals surface area contributed by atoms with E-state index in [1.54, 1.807) is 29.2 Å². The molecule has 0 heterocycles. The second kappa shape index (κ2) is 11.0. The first-order valence-corrected chi connectivity index (χ1v) is 10.6. The van der Waals surface area contributed by atoms with E-state index in [0.717, 1.165) is 16.7 Å². The van der Waals surface area contributed by atoms with Gasteiger partial charge in [-0.1, -0.05) is 77.3 Å². The zero-order chi connectivity index (χ0) is 22.2. The number of hydrogen-bond acceptors (Lipinski definition) is 1. The summed E-state index contributed by atoms with van der Waals surface area (Å²) in [5.74, 6) is -0.405. The predicted molar refractivity (Wildman–Crippen MR) is 127 cm³/mol. The number of hydrogen-bond donors (Lipinski definition) is 1. The lowest BCUT2D eigenvalue weighted by Crippen LogP contribution is -2.37. The van der Waals surface area contributed by atoms with Crippen molar-refractivity contribution in [3.8, 4) is 0 Å². The zero-order valence-corrected chi connectivity index (χ0v) is 18.6. The Morgan fingerprint density at radius 1 is 1.03 bits per heavy atom. The zero-order valence-electron chi connectivity index (χ0n) is 17.1. The molecule has 3 rings (SSSR count). The van der Waals surface area contributed by atoms with Crippen LogP contribution in [0.3, 0.4) is 0 Å². The Kier molecular flexibility index (Phi) is 8.10. The van der Waals surface area contributed by atoms with Gasteiger partial charge in [0.15, 0.2) is 0 Å². The van der Waals surface area contributed by atoms with Gasteiger partial charge in [0, 0.05) is 28.8 Å². The van der Waals surface area contributed by atoms with E-state index >= 15 is 0 Å². The molecule has 3 nitrogen and oxygen atoms in total. The van der Waals surface area contributed by atoms with Crippen molar-refractivity contribution in [3.05, 3.63) is 105 Å². The van der Waals surface area contributed by atoms with Crippen LogP contribution in [0.5, 0.6) is 0 Å². The van der Waals surface area contributed by atoms with E-state index in [9.17, 15) is 9.18 Å². The average Bonchev–Trinajstić information content (AvgIpc) is 2.73. The summed E-state index contributed by atoms with van der Waals surface area (Å²) >= 11 is 12.3. The number of carbonyl (C=O) groups excluding carboxylic acids is 1. The standard InChI is InChI=1S/C25H23Cl2FN2O/c1-18(14-19-6-3-2-4-7-19)17-30(13-12-20-10-11-21(26)15-24(20)27)25(31)29-23-9-5-8-22(28)16-23/h2-11,14-16H,12-13,17H2,1H3,(H,29,31)/b18-14+. The molecule has 0 bridgehead atoms. The smallest absolute Gasteiger partial charge is 0.320 e. The molecular weight excluding hydrogens is 434 g/mol. The number of anilines is 1. The number of carbonyl (C=O) groups is 1. The van der Waals surface area contributed by atoms with Gasteiger partial charge in [0.25, 0.3) is 0 Å². The van der Waals surface area contributed by atoms with Crippen LogP contribution in [-0.4, -0.2) is 24.0 Å². The van der Waals surface area contributed by atoms with E-state index in [2.05, 4.69) is 5.32 Å². The largest absolute Gasteiger partial charge is 0.322 e. The molecule has 0 radical (unpaired) electrons. The minimum absolute atomic E-state index is 0.309. The molecule has 0 unspecified atom stereocenters. The number of rotatable bonds is 7. The monoisotopic (exact) mass is 456 g/mol. The molecule has 0 spiro atoms. The second-order valence-corrected chi connectivity index (χ2v) is 8.09. The van der Waals surface area contributed by atoms with Crippen molar-refractivity contribution >= 4 is 41.0 Å². The maximum absolute atomic E-state index is 13.5. The van der Waals surface area contributed by atoms with Crippen LogP contribution in [0.2, 0.25) is 10.0 Å². The minimum atomic E-state index is -0.405. The van der Waals surface area contributed by atoms with Crippen LogP contribution in [0.4, 0.5) is 14.9 Å². The van der Waals surface area contributed by atoms with Crippen molar-refractivity contribution in [3.63, 3.8) is 0 Å². The van der Waals surface area contributed by atoms with Crippen LogP contribution in [0, 0.1) is 5.82 Å². The number of halogens is 3. The van der Waals surface area contributed by atoms with Crippen LogP contribution in [-0.2, 0) is 6.42 Å². The molecule has 0 fully saturated rings. The van der Waals surface area contributed by atoms with Crippen LogP contribution in [0.15, 0.2) is 78.4 Å². The number of nitrogens with zero attached hydrogens (tertiary/aromatic N) is 1. The van der Waals surface area contributed by atoms with Crippen molar-refractivity contribution in [1.29, 1.82) is 0 Å². The van der Waals surface area contributed by atoms with Crippen molar-refractivity contribution in [2.75, 3.05) is 18.4 Å². The summed E-state index contributed by atoms with van der Waals surface area (Å²) in [6.07, 6.45) is 2.60. The Hall–Kier alpha value is -2.82. The molecule has 0 saturated carbocycles. The number of urea groups is 1. The minimum Gasteiger partial charge on any atom is -0.320 e. The quantitative estimate of drug-likeness (QED) is 0.396. The molecular formula is C25H23Cl2FN2O. The van der Waals surface area contributed by atoms with Crippen LogP contribution >= 0.6 is 23.2 Å². The van der Waals surface area contributed by atoms with E-state index in [1.165, 1.54) is 12.1 Å². The maximum atomic E-state index is 13.5. The lowest BCUT2D eigenvalue weighted by Gasteiger charge is -2.24. The molecule has 3 aromatic rings. The van der Waals surface area contributed by atoms with Crippen molar-refractivity contribution < 1.29 is 9.18 Å². The SMILES string of the molecule is C/C(=C\c1ccccc1)CN(CCc1ccc(Cl)cc1Cl)C(=O)Nc1cccc(F)c1. The van der Waals surface area contributed by atoms with Gasteiger partial charge in [-0.2, -0.15) is 0 Å². The van der Waals surface area contributed by atoms with Gasteiger partial charge in [-0.15, -0.1) is 0 Å². The highest BCUT2D eigenvalue weighted by molar-refractivity contribution is 6.35. The van der Waals surface area contributed by atoms with Crippen molar-refractivity contribution in [2.45, 2.75) is 13.3 Å². The molecule has 0 aliphatic heterocycles. The fraction of sp³-hybridized carbons (Fsp3) is 0.160. The number of amides is 2. The van der Waals surface area contributed by atoms with Crippen LogP contribution in [0.1, 0.15) is 18.1 Å².